The Morgan fingerprint density at radius 3 is 2.10 bits per heavy atom. The van der Waals surface area contributed by atoms with E-state index in [1.807, 2.05) is 0 Å². The highest BCUT2D eigenvalue weighted by molar-refractivity contribution is 6.20. The van der Waals surface area contributed by atoms with Gasteiger partial charge >= 0.3 is 5.97 Å². The number of hydrogen-bond donors (Lipinski definition) is 0. The van der Waals surface area contributed by atoms with Gasteiger partial charge in [0.25, 0.3) is 11.8 Å². The second kappa shape index (κ2) is 5.68. The highest BCUT2D eigenvalue weighted by atomic mass is 16.7. The summed E-state index contributed by atoms with van der Waals surface area (Å²) in [6.07, 6.45) is 1.71. The zero-order chi connectivity index (χ0) is 15.6. The Hall–Kier alpha value is -2.17. The van der Waals surface area contributed by atoms with Crippen molar-refractivity contribution in [3.05, 3.63) is 35.4 Å². The van der Waals surface area contributed by atoms with Gasteiger partial charge in [-0.3, -0.25) is 9.59 Å². The van der Waals surface area contributed by atoms with Crippen molar-refractivity contribution in [3.8, 4) is 0 Å². The average molecular weight is 289 g/mol. The first-order valence-electron chi connectivity index (χ1n) is 6.98. The van der Waals surface area contributed by atoms with E-state index in [2.05, 4.69) is 20.8 Å². The second-order valence-electron chi connectivity index (χ2n) is 6.33. The third kappa shape index (κ3) is 3.48. The number of hydrogen-bond acceptors (Lipinski definition) is 4. The molecule has 0 unspecified atom stereocenters. The summed E-state index contributed by atoms with van der Waals surface area (Å²) in [6, 6.07) is 6.42. The first-order valence-corrected chi connectivity index (χ1v) is 6.98. The van der Waals surface area contributed by atoms with Gasteiger partial charge in [-0.2, -0.15) is 0 Å². The van der Waals surface area contributed by atoms with Crippen molar-refractivity contribution >= 4 is 17.8 Å². The molecule has 0 spiro atoms. The van der Waals surface area contributed by atoms with Gasteiger partial charge in [-0.05, 0) is 30.4 Å². The molecular formula is C16H19NO4. The monoisotopic (exact) mass is 289 g/mol. The molecule has 5 heteroatoms. The van der Waals surface area contributed by atoms with Gasteiger partial charge in [-0.15, -0.1) is 0 Å². The van der Waals surface area contributed by atoms with Crippen LogP contribution in [0.1, 0.15) is 60.7 Å². The Morgan fingerprint density at radius 2 is 1.62 bits per heavy atom. The van der Waals surface area contributed by atoms with E-state index < -0.39 is 17.8 Å². The maximum Gasteiger partial charge on any atom is 0.333 e. The molecule has 2 amide bonds. The molecule has 1 heterocycles. The van der Waals surface area contributed by atoms with Crippen molar-refractivity contribution in [1.82, 2.24) is 5.06 Å². The van der Waals surface area contributed by atoms with E-state index in [4.69, 9.17) is 4.84 Å². The highest BCUT2D eigenvalue weighted by Gasteiger charge is 2.38. The third-order valence-electron chi connectivity index (χ3n) is 3.26. The molecule has 5 nitrogen and oxygen atoms in total. The van der Waals surface area contributed by atoms with Crippen LogP contribution in [0.25, 0.3) is 0 Å². The Kier molecular flexibility index (Phi) is 4.11. The van der Waals surface area contributed by atoms with Gasteiger partial charge in [0, 0.05) is 6.42 Å². The molecular weight excluding hydrogens is 270 g/mol. The number of hydroxylamine groups is 2. The number of benzene rings is 1. The van der Waals surface area contributed by atoms with E-state index in [9.17, 15) is 14.4 Å². The molecule has 0 saturated carbocycles. The summed E-state index contributed by atoms with van der Waals surface area (Å²) in [6.45, 7) is 6.26. The summed E-state index contributed by atoms with van der Waals surface area (Å²) in [5.74, 6) is -1.73. The molecule has 0 N–H and O–H groups in total. The molecule has 0 aliphatic carbocycles. The lowest BCUT2D eigenvalue weighted by Gasteiger charge is -2.17. The normalized spacial score (nSPS) is 14.3. The molecule has 0 saturated heterocycles. The maximum absolute atomic E-state index is 12.0. The lowest BCUT2D eigenvalue weighted by Crippen LogP contribution is -2.32. The van der Waals surface area contributed by atoms with E-state index >= 15 is 0 Å². The molecule has 0 fully saturated rings. The van der Waals surface area contributed by atoms with Gasteiger partial charge < -0.3 is 4.84 Å². The second-order valence-corrected chi connectivity index (χ2v) is 6.33. The van der Waals surface area contributed by atoms with Crippen LogP contribution in [-0.2, 0) is 9.63 Å². The average Bonchev–Trinajstić information content (AvgIpc) is 2.63. The van der Waals surface area contributed by atoms with E-state index in [0.717, 1.165) is 6.42 Å². The summed E-state index contributed by atoms with van der Waals surface area (Å²) in [4.78, 5) is 40.7. The van der Waals surface area contributed by atoms with Crippen LogP contribution in [0.15, 0.2) is 24.3 Å². The Bertz CT molecular complexity index is 551. The molecule has 1 aliphatic heterocycles. The fraction of sp³-hybridized carbons (Fsp3) is 0.438. The zero-order valence-electron chi connectivity index (χ0n) is 12.5. The number of carbonyl (C=O) groups excluding carboxylic acids is 3. The molecule has 1 aromatic carbocycles. The van der Waals surface area contributed by atoms with Crippen molar-refractivity contribution in [2.75, 3.05) is 0 Å². The minimum Gasteiger partial charge on any atom is -0.330 e. The largest absolute Gasteiger partial charge is 0.333 e. The highest BCUT2D eigenvalue weighted by Crippen LogP contribution is 2.24. The number of fused-ring (bicyclic) bond motifs is 1. The zero-order valence-corrected chi connectivity index (χ0v) is 12.5. The smallest absolute Gasteiger partial charge is 0.330 e. The first kappa shape index (κ1) is 15.2. The van der Waals surface area contributed by atoms with Gasteiger partial charge in [-0.25, -0.2) is 4.79 Å². The Balaban J connectivity index is 1.94. The number of amides is 2. The molecule has 1 aliphatic rings. The lowest BCUT2D eigenvalue weighted by atomic mass is 9.90. The molecule has 2 rings (SSSR count). The van der Waals surface area contributed by atoms with Gasteiger partial charge in [0.2, 0.25) is 0 Å². The molecule has 1 aromatic rings. The summed E-state index contributed by atoms with van der Waals surface area (Å²) in [5.41, 5.74) is 0.672. The van der Waals surface area contributed by atoms with Crippen molar-refractivity contribution < 1.29 is 19.2 Å². The van der Waals surface area contributed by atoms with Crippen molar-refractivity contribution in [3.63, 3.8) is 0 Å². The molecule has 0 atom stereocenters. The van der Waals surface area contributed by atoms with Gasteiger partial charge in [0.15, 0.2) is 0 Å². The van der Waals surface area contributed by atoms with E-state index in [1.165, 1.54) is 0 Å². The maximum atomic E-state index is 12.0. The van der Waals surface area contributed by atoms with Crippen LogP contribution in [0.2, 0.25) is 0 Å². The van der Waals surface area contributed by atoms with Crippen LogP contribution in [0, 0.1) is 5.41 Å². The fourth-order valence-electron chi connectivity index (χ4n) is 2.16. The van der Waals surface area contributed by atoms with E-state index in [-0.39, 0.29) is 23.0 Å². The predicted molar refractivity (Wildman–Crippen MR) is 76.3 cm³/mol. The fourth-order valence-corrected chi connectivity index (χ4v) is 2.16. The Morgan fingerprint density at radius 1 is 1.10 bits per heavy atom. The van der Waals surface area contributed by atoms with Gasteiger partial charge in [0.1, 0.15) is 0 Å². The van der Waals surface area contributed by atoms with Gasteiger partial charge in [-0.1, -0.05) is 38.0 Å². The lowest BCUT2D eigenvalue weighted by molar-refractivity contribution is -0.168. The molecule has 21 heavy (non-hydrogen) atoms. The van der Waals surface area contributed by atoms with Crippen LogP contribution >= 0.6 is 0 Å². The van der Waals surface area contributed by atoms with Gasteiger partial charge in [0.05, 0.1) is 11.1 Å². The molecule has 0 aromatic heterocycles. The van der Waals surface area contributed by atoms with E-state index in [1.54, 1.807) is 24.3 Å². The van der Waals surface area contributed by atoms with Crippen molar-refractivity contribution in [2.24, 2.45) is 5.41 Å². The quantitative estimate of drug-likeness (QED) is 0.799. The predicted octanol–water partition coefficient (Wildman–Crippen LogP) is 2.96. The minimum absolute atomic E-state index is 0.135. The third-order valence-corrected chi connectivity index (χ3v) is 3.26. The molecule has 0 radical (unpaired) electrons. The SMILES string of the molecule is CC(C)(C)CCCC(=O)ON1C(=O)c2ccccc2C1=O. The number of rotatable bonds is 4. The first-order chi connectivity index (χ1) is 9.79. The standard InChI is InChI=1S/C16H19NO4/c1-16(2,3)10-6-9-13(18)21-17-14(19)11-7-4-5-8-12(11)15(17)20/h4-5,7-8H,6,9-10H2,1-3H3. The topological polar surface area (TPSA) is 63.7 Å². The van der Waals surface area contributed by atoms with Crippen LogP contribution < -0.4 is 0 Å². The van der Waals surface area contributed by atoms with Crippen molar-refractivity contribution in [1.29, 1.82) is 0 Å². The summed E-state index contributed by atoms with van der Waals surface area (Å²) in [7, 11) is 0. The summed E-state index contributed by atoms with van der Waals surface area (Å²) < 4.78 is 0. The van der Waals surface area contributed by atoms with Crippen LogP contribution in [0.3, 0.4) is 0 Å². The summed E-state index contributed by atoms with van der Waals surface area (Å²) in [5, 5.41) is 0.560. The number of imide groups is 1. The number of nitrogens with zero attached hydrogens (tertiary/aromatic N) is 1. The van der Waals surface area contributed by atoms with Crippen molar-refractivity contribution in [2.45, 2.75) is 40.0 Å². The molecule has 112 valence electrons. The van der Waals surface area contributed by atoms with Crippen LogP contribution in [-0.4, -0.2) is 22.8 Å². The molecule has 0 bridgehead atoms. The van der Waals surface area contributed by atoms with Crippen LogP contribution in [0.5, 0.6) is 0 Å². The van der Waals surface area contributed by atoms with Crippen LogP contribution in [0.4, 0.5) is 0 Å². The number of carbonyl (C=O) groups is 3. The van der Waals surface area contributed by atoms with E-state index in [0.29, 0.717) is 11.5 Å². The minimum atomic E-state index is -0.584. The summed E-state index contributed by atoms with van der Waals surface area (Å²) >= 11 is 0. The Labute approximate surface area is 123 Å².